The minimum Gasteiger partial charge on any atom is -0.333 e. The Kier molecular flexibility index (Phi) is 6.56. The van der Waals surface area contributed by atoms with Crippen LogP contribution in [0.2, 0.25) is 10.0 Å². The summed E-state index contributed by atoms with van der Waals surface area (Å²) in [6.45, 7) is -0.185. The van der Waals surface area contributed by atoms with E-state index < -0.39 is 17.6 Å². The van der Waals surface area contributed by atoms with Crippen LogP contribution in [-0.2, 0) is 9.59 Å². The number of halogens is 3. The quantitative estimate of drug-likeness (QED) is 0.788. The molecule has 2 aromatic rings. The van der Waals surface area contributed by atoms with Crippen molar-refractivity contribution in [1.82, 2.24) is 4.90 Å². The molecule has 1 N–H and O–H groups in total. The first-order chi connectivity index (χ1) is 11.9. The topological polar surface area (TPSA) is 49.4 Å². The van der Waals surface area contributed by atoms with E-state index in [1.54, 1.807) is 24.3 Å². The van der Waals surface area contributed by atoms with Gasteiger partial charge in [0, 0.05) is 34.4 Å². The molecule has 0 bridgehead atoms. The normalized spacial score (nSPS) is 10.7. The molecule has 0 spiro atoms. The van der Waals surface area contributed by atoms with E-state index >= 15 is 0 Å². The summed E-state index contributed by atoms with van der Waals surface area (Å²) < 4.78 is 13.1. The van der Waals surface area contributed by atoms with Gasteiger partial charge in [0.25, 0.3) is 0 Å². The smallest absolute Gasteiger partial charge is 0.246 e. The van der Waals surface area contributed by atoms with Gasteiger partial charge in [-0.3, -0.25) is 9.59 Å². The summed E-state index contributed by atoms with van der Waals surface area (Å²) in [4.78, 5) is 25.2. The van der Waals surface area contributed by atoms with Crippen molar-refractivity contribution in [3.05, 3.63) is 70.0 Å². The van der Waals surface area contributed by atoms with Crippen molar-refractivity contribution in [3.8, 4) is 0 Å². The van der Waals surface area contributed by atoms with Crippen LogP contribution in [0.4, 0.5) is 10.1 Å². The molecule has 0 aliphatic heterocycles. The van der Waals surface area contributed by atoms with Gasteiger partial charge in [0.05, 0.1) is 6.54 Å². The molecule has 0 aliphatic carbocycles. The summed E-state index contributed by atoms with van der Waals surface area (Å²) in [7, 11) is 1.48. The number of benzene rings is 2. The zero-order valence-corrected chi connectivity index (χ0v) is 14.8. The van der Waals surface area contributed by atoms with Gasteiger partial charge in [0.1, 0.15) is 5.82 Å². The number of rotatable bonds is 5. The first-order valence-corrected chi connectivity index (χ1v) is 8.05. The van der Waals surface area contributed by atoms with Gasteiger partial charge < -0.3 is 10.2 Å². The second-order valence-corrected chi connectivity index (χ2v) is 6.04. The molecule has 0 saturated heterocycles. The van der Waals surface area contributed by atoms with Crippen LogP contribution >= 0.6 is 23.2 Å². The summed E-state index contributed by atoms with van der Waals surface area (Å²) in [6.07, 6.45) is 2.77. The molecule has 0 heterocycles. The Labute approximate surface area is 154 Å². The molecular formula is C18H15Cl2FN2O2. The predicted molar refractivity (Wildman–Crippen MR) is 98.2 cm³/mol. The largest absolute Gasteiger partial charge is 0.333 e. The molecule has 2 rings (SSSR count). The molecule has 0 atom stereocenters. The number of hydrogen-bond donors (Lipinski definition) is 1. The molecule has 0 unspecified atom stereocenters. The van der Waals surface area contributed by atoms with E-state index in [2.05, 4.69) is 5.32 Å². The highest BCUT2D eigenvalue weighted by atomic mass is 35.5. The van der Waals surface area contributed by atoms with Crippen LogP contribution in [0, 0.1) is 5.82 Å². The van der Waals surface area contributed by atoms with Crippen molar-refractivity contribution in [2.24, 2.45) is 0 Å². The molecule has 0 aliphatic rings. The highest BCUT2D eigenvalue weighted by Gasteiger charge is 2.11. The average Bonchev–Trinajstić information content (AvgIpc) is 2.54. The Balaban J connectivity index is 1.95. The monoisotopic (exact) mass is 380 g/mol. The average molecular weight is 381 g/mol. The molecule has 25 heavy (non-hydrogen) atoms. The number of nitrogens with one attached hydrogen (secondary N) is 1. The molecule has 130 valence electrons. The summed E-state index contributed by atoms with van der Waals surface area (Å²) in [6, 6.07) is 10.5. The zero-order valence-electron chi connectivity index (χ0n) is 13.3. The maximum absolute atomic E-state index is 13.1. The minimum atomic E-state index is -0.457. The van der Waals surface area contributed by atoms with Crippen molar-refractivity contribution < 1.29 is 14.0 Å². The minimum absolute atomic E-state index is 0.185. The Morgan fingerprint density at radius 3 is 2.44 bits per heavy atom. The number of anilines is 1. The fraction of sp³-hybridized carbons (Fsp3) is 0.111. The number of nitrogens with zero attached hydrogens (tertiary/aromatic N) is 1. The van der Waals surface area contributed by atoms with Gasteiger partial charge in [0.2, 0.25) is 11.8 Å². The zero-order chi connectivity index (χ0) is 18.4. The van der Waals surface area contributed by atoms with E-state index in [9.17, 15) is 14.0 Å². The Hall–Kier alpha value is -2.37. The molecule has 2 aromatic carbocycles. The predicted octanol–water partition coefficient (Wildman–Crippen LogP) is 4.24. The molecule has 0 aromatic heterocycles. The van der Waals surface area contributed by atoms with E-state index in [1.807, 2.05) is 0 Å². The van der Waals surface area contributed by atoms with Gasteiger partial charge in [0.15, 0.2) is 0 Å². The molecule has 7 heteroatoms. The lowest BCUT2D eigenvalue weighted by atomic mass is 10.2. The Morgan fingerprint density at radius 2 is 1.80 bits per heavy atom. The highest BCUT2D eigenvalue weighted by Crippen LogP contribution is 2.25. The van der Waals surface area contributed by atoms with E-state index in [1.165, 1.54) is 42.3 Å². The standard InChI is InChI=1S/C18H15Cl2FN2O2/c1-23(11-17(24)22-13-5-2-4-12(21)10-13)18(25)9-8-14-15(19)6-3-7-16(14)20/h2-10H,11H2,1H3,(H,22,24)/b9-8+. The van der Waals surface area contributed by atoms with E-state index in [0.717, 1.165) is 0 Å². The molecule has 4 nitrogen and oxygen atoms in total. The maximum atomic E-state index is 13.1. The Morgan fingerprint density at radius 1 is 1.16 bits per heavy atom. The summed E-state index contributed by atoms with van der Waals surface area (Å²) in [5.41, 5.74) is 0.848. The lowest BCUT2D eigenvalue weighted by Gasteiger charge is -2.15. The van der Waals surface area contributed by atoms with Crippen molar-refractivity contribution in [1.29, 1.82) is 0 Å². The van der Waals surface area contributed by atoms with Crippen LogP contribution in [-0.4, -0.2) is 30.3 Å². The van der Waals surface area contributed by atoms with Crippen LogP contribution in [0.15, 0.2) is 48.5 Å². The lowest BCUT2D eigenvalue weighted by Crippen LogP contribution is -2.33. The number of carbonyl (C=O) groups excluding carboxylic acids is 2. The van der Waals surface area contributed by atoms with Crippen molar-refractivity contribution in [3.63, 3.8) is 0 Å². The first kappa shape index (κ1) is 19.0. The van der Waals surface area contributed by atoms with Gasteiger partial charge in [-0.25, -0.2) is 4.39 Å². The first-order valence-electron chi connectivity index (χ1n) is 7.29. The molecule has 0 saturated carbocycles. The Bertz CT molecular complexity index is 804. The fourth-order valence-corrected chi connectivity index (χ4v) is 2.54. The third-order valence-electron chi connectivity index (χ3n) is 3.26. The number of hydrogen-bond acceptors (Lipinski definition) is 2. The van der Waals surface area contributed by atoms with Gasteiger partial charge >= 0.3 is 0 Å². The maximum Gasteiger partial charge on any atom is 0.246 e. The molecular weight excluding hydrogens is 366 g/mol. The van der Waals surface area contributed by atoms with Gasteiger partial charge in [-0.2, -0.15) is 0 Å². The van der Waals surface area contributed by atoms with Crippen LogP contribution < -0.4 is 5.32 Å². The van der Waals surface area contributed by atoms with E-state index in [4.69, 9.17) is 23.2 Å². The summed E-state index contributed by atoms with van der Waals surface area (Å²) in [5, 5.41) is 3.36. The second-order valence-electron chi connectivity index (χ2n) is 5.22. The molecule has 0 fully saturated rings. The fourth-order valence-electron chi connectivity index (χ4n) is 2.01. The summed E-state index contributed by atoms with van der Waals surface area (Å²) in [5.74, 6) is -1.29. The van der Waals surface area contributed by atoms with Gasteiger partial charge in [-0.1, -0.05) is 35.3 Å². The SMILES string of the molecule is CN(CC(=O)Nc1cccc(F)c1)C(=O)/C=C/c1c(Cl)cccc1Cl. The van der Waals surface area contributed by atoms with Gasteiger partial charge in [-0.15, -0.1) is 0 Å². The third-order valence-corrected chi connectivity index (χ3v) is 3.92. The van der Waals surface area contributed by atoms with Crippen LogP contribution in [0.25, 0.3) is 6.08 Å². The lowest BCUT2D eigenvalue weighted by molar-refractivity contribution is -0.129. The van der Waals surface area contributed by atoms with Crippen molar-refractivity contribution in [2.75, 3.05) is 18.9 Å². The summed E-state index contributed by atoms with van der Waals surface area (Å²) >= 11 is 12.0. The molecule has 0 radical (unpaired) electrons. The van der Waals surface area contributed by atoms with Crippen molar-refractivity contribution >= 4 is 46.8 Å². The van der Waals surface area contributed by atoms with E-state index in [-0.39, 0.29) is 6.54 Å². The van der Waals surface area contributed by atoms with Gasteiger partial charge in [-0.05, 0) is 36.4 Å². The van der Waals surface area contributed by atoms with Crippen LogP contribution in [0.3, 0.4) is 0 Å². The molecule has 2 amide bonds. The number of likely N-dealkylation sites (N-methyl/N-ethyl adjacent to an activating group) is 1. The van der Waals surface area contributed by atoms with Crippen LogP contribution in [0.5, 0.6) is 0 Å². The number of amides is 2. The van der Waals surface area contributed by atoms with E-state index in [0.29, 0.717) is 21.3 Å². The number of carbonyl (C=O) groups is 2. The van der Waals surface area contributed by atoms with Crippen LogP contribution in [0.1, 0.15) is 5.56 Å². The third kappa shape index (κ3) is 5.59. The van der Waals surface area contributed by atoms with Crippen molar-refractivity contribution in [2.45, 2.75) is 0 Å². The highest BCUT2D eigenvalue weighted by molar-refractivity contribution is 6.37. The second kappa shape index (κ2) is 8.65.